The molecule has 0 radical (unpaired) electrons. The Hall–Kier alpha value is -2.70. The van der Waals surface area contributed by atoms with Gasteiger partial charge in [-0.05, 0) is 35.6 Å². The standard InChI is InChI=1S/C22H20F3NO3S2/c1-14-6-4-7-16-17(13-22(23,24)25)20(30-21(14)16)8-5-11-26-18-10-9-15(31(3,27)28)12-19(18)29-2/h4,6-7,9-10,12,26H,11,13H2,1-3H3. The molecule has 1 N–H and O–H groups in total. The summed E-state index contributed by atoms with van der Waals surface area (Å²) < 4.78 is 68.8. The molecule has 0 fully saturated rings. The highest BCUT2D eigenvalue weighted by atomic mass is 32.2. The number of thiophene rings is 1. The molecule has 3 aromatic rings. The van der Waals surface area contributed by atoms with E-state index in [1.54, 1.807) is 18.2 Å². The fourth-order valence-corrected chi connectivity index (χ4v) is 4.90. The highest BCUT2D eigenvalue weighted by molar-refractivity contribution is 7.90. The molecular formula is C22H20F3NO3S2. The third kappa shape index (κ3) is 5.51. The minimum atomic E-state index is -4.33. The second kappa shape index (κ2) is 8.81. The van der Waals surface area contributed by atoms with E-state index in [9.17, 15) is 21.6 Å². The van der Waals surface area contributed by atoms with Crippen molar-refractivity contribution < 1.29 is 26.3 Å². The molecule has 0 saturated carbocycles. The van der Waals surface area contributed by atoms with E-state index in [2.05, 4.69) is 17.2 Å². The maximum absolute atomic E-state index is 13.1. The fourth-order valence-electron chi connectivity index (χ4n) is 3.10. The van der Waals surface area contributed by atoms with Crippen LogP contribution in [0.1, 0.15) is 16.0 Å². The summed E-state index contributed by atoms with van der Waals surface area (Å²) in [5.41, 5.74) is 1.64. The Morgan fingerprint density at radius 2 is 1.94 bits per heavy atom. The summed E-state index contributed by atoms with van der Waals surface area (Å²) in [6.07, 6.45) is -4.26. The number of anilines is 1. The number of nitrogens with one attached hydrogen (secondary N) is 1. The van der Waals surface area contributed by atoms with E-state index in [1.807, 2.05) is 13.0 Å². The Kier molecular flexibility index (Phi) is 6.53. The van der Waals surface area contributed by atoms with Gasteiger partial charge in [0.05, 0.1) is 35.5 Å². The molecule has 0 saturated heterocycles. The first-order chi connectivity index (χ1) is 14.5. The van der Waals surface area contributed by atoms with E-state index in [-0.39, 0.29) is 17.0 Å². The van der Waals surface area contributed by atoms with Crippen molar-refractivity contribution in [2.45, 2.75) is 24.4 Å². The molecule has 0 amide bonds. The van der Waals surface area contributed by atoms with Crippen LogP contribution in [0.4, 0.5) is 18.9 Å². The number of ether oxygens (including phenoxy) is 1. The molecule has 0 aliphatic rings. The van der Waals surface area contributed by atoms with Crippen molar-refractivity contribution in [2.75, 3.05) is 25.2 Å². The molecule has 164 valence electrons. The van der Waals surface area contributed by atoms with E-state index in [0.29, 0.717) is 21.7 Å². The number of rotatable bonds is 5. The van der Waals surface area contributed by atoms with Crippen molar-refractivity contribution in [3.8, 4) is 17.6 Å². The van der Waals surface area contributed by atoms with Gasteiger partial charge in [0.25, 0.3) is 0 Å². The van der Waals surface area contributed by atoms with Gasteiger partial charge in [0.1, 0.15) is 5.75 Å². The quantitative estimate of drug-likeness (QED) is 0.525. The SMILES string of the molecule is COc1cc(S(C)(=O)=O)ccc1NCC#Cc1sc2c(C)cccc2c1CC(F)(F)F. The Morgan fingerprint density at radius 3 is 2.58 bits per heavy atom. The molecule has 3 rings (SSSR count). The first kappa shape index (κ1) is 23.0. The maximum atomic E-state index is 13.1. The van der Waals surface area contributed by atoms with Gasteiger partial charge in [-0.3, -0.25) is 0 Å². The van der Waals surface area contributed by atoms with E-state index < -0.39 is 22.4 Å². The lowest BCUT2D eigenvalue weighted by Crippen LogP contribution is -2.12. The van der Waals surface area contributed by atoms with E-state index in [0.717, 1.165) is 16.5 Å². The van der Waals surface area contributed by atoms with Crippen LogP contribution >= 0.6 is 11.3 Å². The zero-order chi connectivity index (χ0) is 22.8. The van der Waals surface area contributed by atoms with E-state index in [1.165, 1.54) is 30.6 Å². The van der Waals surface area contributed by atoms with Gasteiger partial charge in [-0.25, -0.2) is 8.42 Å². The third-order valence-electron chi connectivity index (χ3n) is 4.56. The lowest BCUT2D eigenvalue weighted by Gasteiger charge is -2.10. The van der Waals surface area contributed by atoms with Crippen LogP contribution in [0.5, 0.6) is 5.75 Å². The Morgan fingerprint density at radius 1 is 1.19 bits per heavy atom. The monoisotopic (exact) mass is 467 g/mol. The smallest absolute Gasteiger partial charge is 0.393 e. The van der Waals surface area contributed by atoms with Crippen molar-refractivity contribution in [3.63, 3.8) is 0 Å². The van der Waals surface area contributed by atoms with Crippen molar-refractivity contribution in [3.05, 3.63) is 52.4 Å². The molecule has 0 bridgehead atoms. The summed E-state index contributed by atoms with van der Waals surface area (Å²) in [5, 5.41) is 3.60. The first-order valence-electron chi connectivity index (χ1n) is 9.18. The largest absolute Gasteiger partial charge is 0.495 e. The number of methoxy groups -OCH3 is 1. The fraction of sp³-hybridized carbons (Fsp3) is 0.273. The molecule has 4 nitrogen and oxygen atoms in total. The van der Waals surface area contributed by atoms with Gasteiger partial charge in [-0.2, -0.15) is 13.2 Å². The normalized spacial score (nSPS) is 11.8. The molecule has 31 heavy (non-hydrogen) atoms. The zero-order valence-electron chi connectivity index (χ0n) is 17.1. The topological polar surface area (TPSA) is 55.4 Å². The van der Waals surface area contributed by atoms with Gasteiger partial charge in [0, 0.05) is 17.0 Å². The minimum absolute atomic E-state index is 0.124. The van der Waals surface area contributed by atoms with Gasteiger partial charge >= 0.3 is 6.18 Å². The second-order valence-corrected chi connectivity index (χ2v) is 9.98. The van der Waals surface area contributed by atoms with Gasteiger partial charge in [0.15, 0.2) is 9.84 Å². The molecule has 0 aliphatic heterocycles. The average molecular weight is 468 g/mol. The molecule has 0 unspecified atom stereocenters. The summed E-state index contributed by atoms with van der Waals surface area (Å²) in [4.78, 5) is 0.515. The molecular weight excluding hydrogens is 447 g/mol. The summed E-state index contributed by atoms with van der Waals surface area (Å²) in [6.45, 7) is 2.01. The van der Waals surface area contributed by atoms with Crippen LogP contribution in [0.15, 0.2) is 41.3 Å². The lowest BCUT2D eigenvalue weighted by molar-refractivity contribution is -0.126. The number of benzene rings is 2. The first-order valence-corrected chi connectivity index (χ1v) is 11.9. The van der Waals surface area contributed by atoms with Crippen LogP contribution in [0.3, 0.4) is 0 Å². The number of halogens is 3. The molecule has 0 atom stereocenters. The van der Waals surface area contributed by atoms with Crippen LogP contribution in [0.25, 0.3) is 10.1 Å². The summed E-state index contributed by atoms with van der Waals surface area (Å²) in [6, 6.07) is 9.72. The van der Waals surface area contributed by atoms with Gasteiger partial charge in [-0.1, -0.05) is 30.0 Å². The number of aryl methyl sites for hydroxylation is 1. The van der Waals surface area contributed by atoms with Gasteiger partial charge < -0.3 is 10.1 Å². The van der Waals surface area contributed by atoms with Crippen molar-refractivity contribution in [1.29, 1.82) is 0 Å². The van der Waals surface area contributed by atoms with Gasteiger partial charge in [-0.15, -0.1) is 11.3 Å². The number of alkyl halides is 3. The molecule has 1 heterocycles. The number of hydrogen-bond acceptors (Lipinski definition) is 5. The summed E-state index contributed by atoms with van der Waals surface area (Å²) >= 11 is 1.26. The van der Waals surface area contributed by atoms with Crippen molar-refractivity contribution in [1.82, 2.24) is 0 Å². The third-order valence-corrected chi connectivity index (χ3v) is 6.97. The highest BCUT2D eigenvalue weighted by Crippen LogP contribution is 2.36. The second-order valence-electron chi connectivity index (χ2n) is 6.94. The van der Waals surface area contributed by atoms with Crippen molar-refractivity contribution in [2.24, 2.45) is 0 Å². The Bertz CT molecular complexity index is 1280. The maximum Gasteiger partial charge on any atom is 0.393 e. The highest BCUT2D eigenvalue weighted by Gasteiger charge is 2.30. The minimum Gasteiger partial charge on any atom is -0.495 e. The average Bonchev–Trinajstić information content (AvgIpc) is 3.02. The predicted octanol–water partition coefficient (Wildman–Crippen LogP) is 5.19. The van der Waals surface area contributed by atoms with E-state index >= 15 is 0 Å². The number of sulfone groups is 1. The van der Waals surface area contributed by atoms with Crippen LogP contribution in [0.2, 0.25) is 0 Å². The van der Waals surface area contributed by atoms with Crippen molar-refractivity contribution >= 4 is 36.9 Å². The van der Waals surface area contributed by atoms with Crippen LogP contribution in [0, 0.1) is 18.8 Å². The Labute approximate surface area is 183 Å². The lowest BCUT2D eigenvalue weighted by atomic mass is 10.1. The van der Waals surface area contributed by atoms with Crippen LogP contribution in [-0.2, 0) is 16.3 Å². The zero-order valence-corrected chi connectivity index (χ0v) is 18.7. The summed E-state index contributed by atoms with van der Waals surface area (Å²) in [7, 11) is -1.96. The van der Waals surface area contributed by atoms with E-state index in [4.69, 9.17) is 4.74 Å². The predicted molar refractivity (Wildman–Crippen MR) is 118 cm³/mol. The van der Waals surface area contributed by atoms with Gasteiger partial charge in [0.2, 0.25) is 0 Å². The number of fused-ring (bicyclic) bond motifs is 1. The molecule has 2 aromatic carbocycles. The van der Waals surface area contributed by atoms with Crippen LogP contribution < -0.4 is 10.1 Å². The molecule has 0 aliphatic carbocycles. The molecule has 1 aromatic heterocycles. The molecule has 9 heteroatoms. The molecule has 0 spiro atoms. The summed E-state index contributed by atoms with van der Waals surface area (Å²) in [5.74, 6) is 6.06. The Balaban J connectivity index is 1.86. The van der Waals surface area contributed by atoms with Crippen LogP contribution in [-0.4, -0.2) is 34.5 Å². The number of hydrogen-bond donors (Lipinski definition) is 1.